The zero-order valence-electron chi connectivity index (χ0n) is 19.6. The molecule has 1 N–H and O–H groups in total. The molecule has 35 heavy (non-hydrogen) atoms. The Balaban J connectivity index is 1.55. The smallest absolute Gasteiger partial charge is 0.335 e. The number of aryl methyl sites for hydroxylation is 2. The first-order chi connectivity index (χ1) is 16.9. The molecule has 5 rings (SSSR count). The highest BCUT2D eigenvalue weighted by atomic mass is 16.2. The average Bonchev–Trinajstić information content (AvgIpc) is 3.19. The number of anilines is 1. The average molecular weight is 464 g/mol. The van der Waals surface area contributed by atoms with E-state index in [0.29, 0.717) is 12.2 Å². The van der Waals surface area contributed by atoms with Gasteiger partial charge in [-0.05, 0) is 48.7 Å². The predicted octanol–water partition coefficient (Wildman–Crippen LogP) is 5.23. The lowest BCUT2D eigenvalue weighted by Crippen LogP contribution is -2.54. The van der Waals surface area contributed by atoms with Gasteiger partial charge in [0.15, 0.2) is 0 Å². The molecule has 174 valence electrons. The molecular weight excluding hydrogens is 438 g/mol. The molecule has 0 unspecified atom stereocenters. The fourth-order valence-electron chi connectivity index (χ4n) is 4.46. The molecule has 0 aliphatic carbocycles. The molecule has 1 aliphatic heterocycles. The van der Waals surface area contributed by atoms with Gasteiger partial charge in [-0.15, -0.1) is 0 Å². The second-order valence-corrected chi connectivity index (χ2v) is 8.70. The van der Waals surface area contributed by atoms with E-state index in [2.05, 4.69) is 35.0 Å². The van der Waals surface area contributed by atoms with Crippen LogP contribution in [0.1, 0.15) is 29.2 Å². The number of aromatic nitrogens is 1. The largest absolute Gasteiger partial charge is 0.342 e. The Morgan fingerprint density at radius 2 is 1.66 bits per heavy atom. The van der Waals surface area contributed by atoms with E-state index in [0.717, 1.165) is 38.9 Å². The summed E-state index contributed by atoms with van der Waals surface area (Å²) in [6.07, 6.45) is 4.36. The van der Waals surface area contributed by atoms with Gasteiger partial charge in [-0.3, -0.25) is 14.9 Å². The van der Waals surface area contributed by atoms with E-state index >= 15 is 0 Å². The lowest BCUT2D eigenvalue weighted by molar-refractivity contribution is -0.122. The highest BCUT2D eigenvalue weighted by Gasteiger charge is 2.37. The second kappa shape index (κ2) is 9.06. The van der Waals surface area contributed by atoms with E-state index in [-0.39, 0.29) is 5.57 Å². The number of benzene rings is 3. The van der Waals surface area contributed by atoms with Crippen LogP contribution in [0.5, 0.6) is 0 Å². The number of fused-ring (bicyclic) bond motifs is 1. The van der Waals surface area contributed by atoms with Crippen molar-refractivity contribution in [3.05, 3.63) is 107 Å². The van der Waals surface area contributed by atoms with Crippen molar-refractivity contribution in [1.82, 2.24) is 9.88 Å². The third-order valence-corrected chi connectivity index (χ3v) is 6.26. The Labute approximate surface area is 203 Å². The third kappa shape index (κ3) is 4.26. The van der Waals surface area contributed by atoms with E-state index in [1.165, 1.54) is 5.56 Å². The minimum absolute atomic E-state index is 0.0809. The van der Waals surface area contributed by atoms with Crippen LogP contribution < -0.4 is 10.2 Å². The lowest BCUT2D eigenvalue weighted by atomic mass is 10.1. The van der Waals surface area contributed by atoms with E-state index < -0.39 is 17.8 Å². The van der Waals surface area contributed by atoms with Gasteiger partial charge in [0.1, 0.15) is 5.57 Å². The maximum Gasteiger partial charge on any atom is 0.335 e. The van der Waals surface area contributed by atoms with Crippen molar-refractivity contribution in [3.8, 4) is 0 Å². The van der Waals surface area contributed by atoms with Gasteiger partial charge in [0.25, 0.3) is 11.8 Å². The predicted molar refractivity (Wildman–Crippen MR) is 137 cm³/mol. The molecule has 4 amide bonds. The summed E-state index contributed by atoms with van der Waals surface area (Å²) < 4.78 is 2.11. The van der Waals surface area contributed by atoms with Crippen molar-refractivity contribution in [2.24, 2.45) is 0 Å². The number of carbonyl (C=O) groups is 3. The molecule has 1 aliphatic rings. The first-order valence-corrected chi connectivity index (χ1v) is 11.6. The summed E-state index contributed by atoms with van der Waals surface area (Å²) in [6, 6.07) is 22.6. The second-order valence-electron chi connectivity index (χ2n) is 8.70. The van der Waals surface area contributed by atoms with Crippen LogP contribution >= 0.6 is 0 Å². The van der Waals surface area contributed by atoms with E-state index in [1.54, 1.807) is 18.2 Å². The summed E-state index contributed by atoms with van der Waals surface area (Å²) in [5.74, 6) is -1.34. The number of rotatable bonds is 5. The molecule has 3 aromatic carbocycles. The summed E-state index contributed by atoms with van der Waals surface area (Å²) >= 11 is 0. The molecule has 4 aromatic rings. The molecule has 1 fully saturated rings. The summed E-state index contributed by atoms with van der Waals surface area (Å²) in [5.41, 5.74) is 5.50. The molecule has 0 saturated carbocycles. The van der Waals surface area contributed by atoms with Gasteiger partial charge in [0.05, 0.1) is 5.69 Å². The SMILES string of the molecule is CCc1ccc(N2C(=O)NC(=O)C(=Cc3cn(Cc4cccc(C)c4)c4ccccc34)C2=O)cc1. The Hall–Kier alpha value is -4.45. The highest BCUT2D eigenvalue weighted by Crippen LogP contribution is 2.27. The number of para-hydroxylation sites is 1. The van der Waals surface area contributed by atoms with Crippen molar-refractivity contribution in [2.75, 3.05) is 4.90 Å². The highest BCUT2D eigenvalue weighted by molar-refractivity contribution is 6.39. The van der Waals surface area contributed by atoms with Crippen LogP contribution in [-0.2, 0) is 22.6 Å². The van der Waals surface area contributed by atoms with Crippen LogP contribution in [0.25, 0.3) is 17.0 Å². The van der Waals surface area contributed by atoms with Crippen molar-refractivity contribution < 1.29 is 14.4 Å². The van der Waals surface area contributed by atoms with Gasteiger partial charge in [0, 0.05) is 29.2 Å². The van der Waals surface area contributed by atoms with Crippen LogP contribution in [0.4, 0.5) is 10.5 Å². The topological polar surface area (TPSA) is 71.4 Å². The van der Waals surface area contributed by atoms with Crippen molar-refractivity contribution >= 4 is 40.5 Å². The van der Waals surface area contributed by atoms with Gasteiger partial charge < -0.3 is 4.57 Å². The van der Waals surface area contributed by atoms with Crippen LogP contribution in [-0.4, -0.2) is 22.4 Å². The van der Waals surface area contributed by atoms with Crippen molar-refractivity contribution in [2.45, 2.75) is 26.8 Å². The minimum atomic E-state index is -0.747. The molecule has 0 radical (unpaired) electrons. The minimum Gasteiger partial charge on any atom is -0.342 e. The van der Waals surface area contributed by atoms with Gasteiger partial charge >= 0.3 is 6.03 Å². The number of urea groups is 1. The summed E-state index contributed by atoms with van der Waals surface area (Å²) in [6.45, 7) is 4.74. The van der Waals surface area contributed by atoms with Crippen molar-refractivity contribution in [3.63, 3.8) is 0 Å². The number of imide groups is 2. The Morgan fingerprint density at radius 3 is 2.40 bits per heavy atom. The number of amides is 4. The van der Waals surface area contributed by atoms with E-state index in [1.807, 2.05) is 55.6 Å². The van der Waals surface area contributed by atoms with Crippen LogP contribution in [0.2, 0.25) is 0 Å². The summed E-state index contributed by atoms with van der Waals surface area (Å²) in [4.78, 5) is 39.6. The fourth-order valence-corrected chi connectivity index (χ4v) is 4.46. The molecule has 0 spiro atoms. The number of carbonyl (C=O) groups excluding carboxylic acids is 3. The molecular formula is C29H25N3O3. The van der Waals surface area contributed by atoms with E-state index in [9.17, 15) is 14.4 Å². The Kier molecular flexibility index (Phi) is 5.79. The van der Waals surface area contributed by atoms with Crippen LogP contribution in [0.15, 0.2) is 84.6 Å². The zero-order chi connectivity index (χ0) is 24.5. The van der Waals surface area contributed by atoms with Crippen LogP contribution in [0, 0.1) is 6.92 Å². The molecule has 6 heteroatoms. The van der Waals surface area contributed by atoms with Gasteiger partial charge in [-0.2, -0.15) is 0 Å². The van der Waals surface area contributed by atoms with Crippen molar-refractivity contribution in [1.29, 1.82) is 0 Å². The lowest BCUT2D eigenvalue weighted by Gasteiger charge is -2.26. The molecule has 2 heterocycles. The van der Waals surface area contributed by atoms with Gasteiger partial charge in [-0.1, -0.05) is 67.1 Å². The number of nitrogens with one attached hydrogen (secondary N) is 1. The van der Waals surface area contributed by atoms with E-state index in [4.69, 9.17) is 0 Å². The molecule has 6 nitrogen and oxygen atoms in total. The maximum absolute atomic E-state index is 13.3. The van der Waals surface area contributed by atoms with Gasteiger partial charge in [-0.25, -0.2) is 9.69 Å². The monoisotopic (exact) mass is 463 g/mol. The normalized spacial score (nSPS) is 15.2. The number of barbiturate groups is 1. The Bertz CT molecular complexity index is 1500. The Morgan fingerprint density at radius 1 is 0.886 bits per heavy atom. The first kappa shape index (κ1) is 22.3. The summed E-state index contributed by atoms with van der Waals surface area (Å²) in [7, 11) is 0. The standard InChI is InChI=1S/C29H25N3O3/c1-3-20-11-13-23(14-12-20)32-28(34)25(27(33)30-29(32)35)16-22-18-31(26-10-5-4-9-24(22)26)17-21-8-6-7-19(2)15-21/h4-16,18H,3,17H2,1-2H3,(H,30,33,35). The molecule has 0 atom stereocenters. The summed E-state index contributed by atoms with van der Waals surface area (Å²) in [5, 5.41) is 3.23. The van der Waals surface area contributed by atoms with Gasteiger partial charge in [0.2, 0.25) is 0 Å². The molecule has 0 bridgehead atoms. The number of hydrogen-bond acceptors (Lipinski definition) is 3. The number of nitrogens with zero attached hydrogens (tertiary/aromatic N) is 2. The quantitative estimate of drug-likeness (QED) is 0.326. The number of hydrogen-bond donors (Lipinski definition) is 1. The molecule has 1 aromatic heterocycles. The van der Waals surface area contributed by atoms with Crippen LogP contribution in [0.3, 0.4) is 0 Å². The third-order valence-electron chi connectivity index (χ3n) is 6.26. The first-order valence-electron chi connectivity index (χ1n) is 11.6. The fraction of sp³-hybridized carbons (Fsp3) is 0.138. The maximum atomic E-state index is 13.3. The zero-order valence-corrected chi connectivity index (χ0v) is 19.6. The molecule has 1 saturated heterocycles.